The number of aliphatic hydroxyl groups excluding tert-OH is 1. The highest BCUT2D eigenvalue weighted by Gasteiger charge is 2.41. The fraction of sp³-hybridized carbons (Fsp3) is 0.521. The molecule has 1 aliphatic rings. The van der Waals surface area contributed by atoms with Crippen molar-refractivity contribution < 1.29 is 121 Å². The fourth-order valence-electron chi connectivity index (χ4n) is 11.9. The van der Waals surface area contributed by atoms with Gasteiger partial charge < -0.3 is 122 Å². The quantitative estimate of drug-likeness (QED) is 0.0114. The molecule has 3 aromatic rings. The Bertz CT molecular complexity index is 4040. The first-order valence-corrected chi connectivity index (χ1v) is 37.0. The molecule has 115 heavy (non-hydrogen) atoms. The first-order chi connectivity index (χ1) is 54.4. The summed E-state index contributed by atoms with van der Waals surface area (Å²) in [5.41, 5.74) is 17.9. The number of unbranched alkanes of at least 4 members (excludes halogenated alkanes) is 6. The van der Waals surface area contributed by atoms with Crippen molar-refractivity contribution >= 4 is 129 Å². The van der Waals surface area contributed by atoms with Crippen LogP contribution in [0.15, 0.2) is 67.0 Å². The zero-order valence-corrected chi connectivity index (χ0v) is 63.9. The van der Waals surface area contributed by atoms with Gasteiger partial charge in [-0.05, 0) is 69.3 Å². The van der Waals surface area contributed by atoms with E-state index in [1.54, 1.807) is 30.5 Å². The number of benzene rings is 2. The van der Waals surface area contributed by atoms with Crippen molar-refractivity contribution in [3.8, 4) is 0 Å². The van der Waals surface area contributed by atoms with Gasteiger partial charge >= 0.3 is 29.8 Å². The monoisotopic (exact) mass is 1620 g/mol. The highest BCUT2D eigenvalue weighted by molar-refractivity contribution is 6.05. The van der Waals surface area contributed by atoms with Gasteiger partial charge in [-0.1, -0.05) is 89.3 Å². The van der Waals surface area contributed by atoms with Crippen molar-refractivity contribution in [2.24, 2.45) is 17.4 Å². The first-order valence-electron chi connectivity index (χ1n) is 37.0. The number of cyclic esters (lactones) is 1. The molecule has 1 aromatic heterocycles. The molecule has 630 valence electrons. The number of Topliss-reactive ketones (excluding diaryl/α,β-unsaturated/α-hetero) is 1. The van der Waals surface area contributed by atoms with Gasteiger partial charge in [0.25, 0.3) is 0 Å². The zero-order chi connectivity index (χ0) is 85.8. The number of aliphatic carboxylic acids is 4. The number of rotatable bonds is 35. The lowest BCUT2D eigenvalue weighted by molar-refractivity contribution is -0.156. The minimum absolute atomic E-state index is 0.00953. The van der Waals surface area contributed by atoms with E-state index in [-0.39, 0.29) is 49.2 Å². The Morgan fingerprint density at radius 1 is 0.574 bits per heavy atom. The lowest BCUT2D eigenvalue weighted by Crippen LogP contribution is -2.61. The first kappa shape index (κ1) is 94.7. The van der Waals surface area contributed by atoms with Crippen molar-refractivity contribution in [2.45, 2.75) is 209 Å². The third-order valence-corrected chi connectivity index (χ3v) is 18.0. The van der Waals surface area contributed by atoms with Gasteiger partial charge in [0, 0.05) is 53.3 Å². The minimum Gasteiger partial charge on any atom is -0.481 e. The number of H-pyrrole nitrogens is 1. The Kier molecular flexibility index (Phi) is 39.3. The van der Waals surface area contributed by atoms with Crippen LogP contribution in [0.5, 0.6) is 0 Å². The molecule has 1 unspecified atom stereocenters. The van der Waals surface area contributed by atoms with Crippen LogP contribution < -0.4 is 86.3 Å². The van der Waals surface area contributed by atoms with Gasteiger partial charge in [-0.3, -0.25) is 86.3 Å². The van der Waals surface area contributed by atoms with Crippen LogP contribution in [0, 0.1) is 5.92 Å². The van der Waals surface area contributed by atoms with Crippen molar-refractivity contribution in [1.29, 1.82) is 0 Å². The topological polar surface area (TPSA) is 685 Å². The number of ether oxygens (including phenoxy) is 1. The third-order valence-electron chi connectivity index (χ3n) is 18.0. The Morgan fingerprint density at radius 3 is 1.73 bits per heavy atom. The Hall–Kier alpha value is -12.6. The summed E-state index contributed by atoms with van der Waals surface area (Å²) in [5, 5.41) is 79.9. The van der Waals surface area contributed by atoms with Gasteiger partial charge in [0.05, 0.1) is 57.8 Å². The van der Waals surface area contributed by atoms with E-state index in [0.717, 1.165) is 52.9 Å². The largest absolute Gasteiger partial charge is 0.481 e. The second-order valence-electron chi connectivity index (χ2n) is 27.4. The number of carbonyl (C=O) groups is 19. The van der Waals surface area contributed by atoms with Crippen LogP contribution in [-0.2, 0) is 97.5 Å². The molecule has 0 bridgehead atoms. The van der Waals surface area contributed by atoms with Crippen LogP contribution in [0.2, 0.25) is 0 Å². The maximum Gasteiger partial charge on any atom is 0.329 e. The smallest absolute Gasteiger partial charge is 0.329 e. The number of hydrogen-bond donors (Lipinski definition) is 22. The summed E-state index contributed by atoms with van der Waals surface area (Å²) >= 11 is 0. The van der Waals surface area contributed by atoms with E-state index in [1.807, 2.05) is 10.6 Å². The van der Waals surface area contributed by atoms with Gasteiger partial charge in [-0.25, -0.2) is 4.79 Å². The average molecular weight is 1620 g/mol. The number of esters is 1. The number of carbonyl (C=O) groups excluding carboxylic acids is 15. The summed E-state index contributed by atoms with van der Waals surface area (Å²) in [5.74, 6) is -27.6. The van der Waals surface area contributed by atoms with Crippen LogP contribution >= 0.6 is 0 Å². The van der Waals surface area contributed by atoms with E-state index < -0.39 is 249 Å². The number of primary amides is 1. The molecular formula is C73H103N17O25. The molecule has 42 heteroatoms. The minimum atomic E-state index is -2.40. The second kappa shape index (κ2) is 47.7. The van der Waals surface area contributed by atoms with Crippen molar-refractivity contribution in [2.75, 3.05) is 32.0 Å². The summed E-state index contributed by atoms with van der Waals surface area (Å²) in [6, 6.07) is -9.48. The number of aromatic nitrogens is 1. The number of hydrogen-bond acceptors (Lipinski definition) is 24. The molecule has 13 amide bonds. The maximum atomic E-state index is 14.9. The molecule has 13 atom stereocenters. The van der Waals surface area contributed by atoms with Crippen LogP contribution in [0.3, 0.4) is 0 Å². The number of ketones is 1. The lowest BCUT2D eigenvalue weighted by Gasteiger charge is -2.30. The molecule has 25 N–H and O–H groups in total. The summed E-state index contributed by atoms with van der Waals surface area (Å²) in [7, 11) is 0. The predicted octanol–water partition coefficient (Wildman–Crippen LogP) is -4.63. The van der Waals surface area contributed by atoms with E-state index in [9.17, 15) is 117 Å². The molecule has 2 aromatic carbocycles. The van der Waals surface area contributed by atoms with Gasteiger partial charge in [0.2, 0.25) is 76.8 Å². The standard InChI is InChI=1S/C73H103N17O25/c1-6-7-8-9-10-11-12-23-55(94)83-46(26-40-32-77-45-21-16-14-18-41(40)45)67(108)86-47(28-54(76)93)68(109)87-50(31-61(103)104)69(110)90-63-39(5)115-73(114)51(27-53(92)42-19-13-15-20-43(42)75)88-72(113)62(36(2)25-58(97)98)89-70(111)52(35-91)84-57(96)33-78-65(106)48(29-59(99)100)85-64(105)38(4)81-66(107)49(30-60(101)102)80-37(3)44(22-17-24-74)82-56(95)34-79-71(63)112/h13-16,18-21,32,36,38-39,44,46-52,62-63,77,80,91H,3,6-12,17,22-31,33-35,74-75H2,1-2,4-5H3,(H2,76,93)(H,78,106)(H,79,112)(H,81,107)(H,82,95)(H,83,94)(H,84,96)(H,85,105)(H,86,108)(H,87,109)(H,88,113)(H,89,111)(H,90,110)(H,97,98)(H,99,100)(H,101,102)(H,103,104)/t36?,38-,39-,44+,46+,47-,48+,49+,50+,51+,52-,62+,63+/m1/s1. The van der Waals surface area contributed by atoms with Crippen LogP contribution in [0.1, 0.15) is 146 Å². The van der Waals surface area contributed by atoms with E-state index in [1.165, 1.54) is 24.3 Å². The summed E-state index contributed by atoms with van der Waals surface area (Å²) < 4.78 is 5.71. The Morgan fingerprint density at radius 2 is 1.13 bits per heavy atom. The number of carboxylic acid groups (broad SMARTS) is 4. The highest BCUT2D eigenvalue weighted by atomic mass is 16.5. The van der Waals surface area contributed by atoms with Gasteiger partial charge in [-0.2, -0.15) is 0 Å². The second-order valence-corrected chi connectivity index (χ2v) is 27.4. The molecule has 0 radical (unpaired) electrons. The van der Waals surface area contributed by atoms with Gasteiger partial charge in [0.1, 0.15) is 66.5 Å². The lowest BCUT2D eigenvalue weighted by atomic mass is 9.96. The number of anilines is 1. The molecule has 0 spiro atoms. The molecular weight excluding hydrogens is 1510 g/mol. The third kappa shape index (κ3) is 32.5. The number of amides is 13. The maximum absolute atomic E-state index is 14.9. The predicted molar refractivity (Wildman–Crippen MR) is 404 cm³/mol. The van der Waals surface area contributed by atoms with E-state index in [0.29, 0.717) is 29.3 Å². The van der Waals surface area contributed by atoms with Gasteiger partial charge in [0.15, 0.2) is 5.78 Å². The van der Waals surface area contributed by atoms with Gasteiger partial charge in [-0.15, -0.1) is 0 Å². The fourth-order valence-corrected chi connectivity index (χ4v) is 11.9. The normalized spacial score (nSPS) is 21.2. The highest BCUT2D eigenvalue weighted by Crippen LogP contribution is 2.22. The number of para-hydroxylation sites is 2. The number of fused-ring (bicyclic) bond motifs is 1. The van der Waals surface area contributed by atoms with Crippen molar-refractivity contribution in [3.05, 3.63) is 78.1 Å². The SMILES string of the molecule is C=C1N[C@@H](CC(=O)O)C(=O)N[C@H](C)C(=O)N[C@@H](CC(=O)O)C(=O)NCC(=O)N[C@H](CO)C(=O)N[C@@H](C(C)CC(=O)O)C(=O)N[C@@H](CC(=O)c2ccccc2N)C(=O)O[C@H](C)[C@H](NC(=O)[C@H](CC(=O)O)NC(=O)[C@@H](CC(N)=O)NC(=O)[C@H](Cc2c[nH]c3ccccc23)NC(=O)CCCCCCCCC)C(=O)NCC(=O)N[C@H]1CCCN. The Balaban J connectivity index is 1.87. The molecule has 0 aliphatic carbocycles. The number of nitrogens with two attached hydrogens (primary N) is 3. The molecule has 1 saturated heterocycles. The summed E-state index contributed by atoms with van der Waals surface area (Å²) in [6.07, 6.45) is -1.54. The molecule has 42 nitrogen and oxygen atoms in total. The molecule has 1 fully saturated rings. The van der Waals surface area contributed by atoms with Crippen LogP contribution in [0.4, 0.5) is 5.69 Å². The van der Waals surface area contributed by atoms with Crippen molar-refractivity contribution in [1.82, 2.24) is 74.1 Å². The van der Waals surface area contributed by atoms with Crippen molar-refractivity contribution in [3.63, 3.8) is 0 Å². The number of nitrogen functional groups attached to an aromatic ring is 1. The van der Waals surface area contributed by atoms with E-state index >= 15 is 0 Å². The number of aromatic amines is 1. The van der Waals surface area contributed by atoms with Crippen LogP contribution in [0.25, 0.3) is 10.9 Å². The number of nitrogens with one attached hydrogen (secondary N) is 14. The Labute approximate surface area is 659 Å². The number of aliphatic hydroxyl groups is 1. The van der Waals surface area contributed by atoms with E-state index in [4.69, 9.17) is 21.9 Å². The summed E-state index contributed by atoms with van der Waals surface area (Å²) in [6.45, 7) is 5.33. The number of carboxylic acids is 4. The molecule has 0 saturated carbocycles. The average Bonchev–Trinajstić information content (AvgIpc) is 1.73. The molecule has 4 rings (SSSR count). The molecule has 1 aliphatic heterocycles. The zero-order valence-electron chi connectivity index (χ0n) is 63.9. The van der Waals surface area contributed by atoms with E-state index in [2.05, 4.69) is 77.0 Å². The molecule has 2 heterocycles. The van der Waals surface area contributed by atoms with Crippen LogP contribution in [-0.4, -0.2) is 242 Å². The summed E-state index contributed by atoms with van der Waals surface area (Å²) in [4.78, 5) is 263.